The van der Waals surface area contributed by atoms with E-state index >= 15 is 0 Å². The van der Waals surface area contributed by atoms with Crippen LogP contribution in [-0.4, -0.2) is 31.1 Å². The highest BCUT2D eigenvalue weighted by molar-refractivity contribution is 6.30. The van der Waals surface area contributed by atoms with Crippen LogP contribution in [0.15, 0.2) is 24.3 Å². The van der Waals surface area contributed by atoms with Gasteiger partial charge in [-0.3, -0.25) is 9.59 Å². The minimum Gasteiger partial charge on any atom is -0.362 e. The van der Waals surface area contributed by atoms with E-state index in [9.17, 15) is 9.59 Å². The van der Waals surface area contributed by atoms with Gasteiger partial charge in [0.05, 0.1) is 0 Å². The lowest BCUT2D eigenvalue weighted by molar-refractivity contribution is -0.129. The van der Waals surface area contributed by atoms with Crippen molar-refractivity contribution in [1.82, 2.24) is 5.32 Å². The Morgan fingerprint density at radius 3 is 2.36 bits per heavy atom. The Bertz CT molecular complexity index is 499. The first-order valence-electron chi connectivity index (χ1n) is 7.56. The fraction of sp³-hybridized carbons (Fsp3) is 0.500. The van der Waals surface area contributed by atoms with Gasteiger partial charge in [-0.1, -0.05) is 30.9 Å². The molecular formula is C16H21ClN2O3. The van der Waals surface area contributed by atoms with Gasteiger partial charge in [-0.2, -0.15) is 0 Å². The number of nitrogens with one attached hydrogen (secondary N) is 2. The molecular weight excluding hydrogens is 304 g/mol. The highest BCUT2D eigenvalue weighted by Gasteiger charge is 2.15. The van der Waals surface area contributed by atoms with Gasteiger partial charge in [0.2, 0.25) is 11.8 Å². The fourth-order valence-electron chi connectivity index (χ4n) is 2.48. The van der Waals surface area contributed by atoms with E-state index in [2.05, 4.69) is 10.6 Å². The number of hydrogen-bond donors (Lipinski definition) is 2. The first-order chi connectivity index (χ1) is 10.6. The van der Waals surface area contributed by atoms with E-state index in [1.54, 1.807) is 24.3 Å². The van der Waals surface area contributed by atoms with Crippen molar-refractivity contribution < 1.29 is 14.3 Å². The molecule has 2 amide bonds. The van der Waals surface area contributed by atoms with Crippen LogP contribution in [0.3, 0.4) is 0 Å². The third-order valence-electron chi connectivity index (χ3n) is 3.56. The molecule has 0 unspecified atom stereocenters. The van der Waals surface area contributed by atoms with E-state index in [1.165, 1.54) is 6.42 Å². The quantitative estimate of drug-likeness (QED) is 0.845. The number of ether oxygens (including phenoxy) is 1. The monoisotopic (exact) mass is 324 g/mol. The lowest BCUT2D eigenvalue weighted by Crippen LogP contribution is -2.38. The van der Waals surface area contributed by atoms with Gasteiger partial charge < -0.3 is 15.4 Å². The molecule has 0 aliphatic heterocycles. The first-order valence-corrected chi connectivity index (χ1v) is 7.94. The molecule has 22 heavy (non-hydrogen) atoms. The molecule has 2 rings (SSSR count). The summed E-state index contributed by atoms with van der Waals surface area (Å²) in [5.74, 6) is -0.459. The second-order valence-corrected chi connectivity index (χ2v) is 5.89. The zero-order chi connectivity index (χ0) is 15.8. The minimum absolute atomic E-state index is 0.0927. The predicted molar refractivity (Wildman–Crippen MR) is 85.9 cm³/mol. The summed E-state index contributed by atoms with van der Waals surface area (Å²) in [5.41, 5.74) is 0.643. The van der Waals surface area contributed by atoms with Crippen molar-refractivity contribution in [2.45, 2.75) is 38.1 Å². The predicted octanol–water partition coefficient (Wildman–Crippen LogP) is 2.74. The average Bonchev–Trinajstić information content (AvgIpc) is 2.50. The maximum Gasteiger partial charge on any atom is 0.250 e. The zero-order valence-corrected chi connectivity index (χ0v) is 13.2. The smallest absolute Gasteiger partial charge is 0.250 e. The number of carbonyl (C=O) groups excluding carboxylic acids is 2. The molecule has 0 radical (unpaired) electrons. The van der Waals surface area contributed by atoms with Crippen LogP contribution in [0.4, 0.5) is 5.69 Å². The number of anilines is 1. The lowest BCUT2D eigenvalue weighted by Gasteiger charge is -2.22. The van der Waals surface area contributed by atoms with Gasteiger partial charge in [-0.05, 0) is 37.1 Å². The number of halogens is 1. The van der Waals surface area contributed by atoms with Gasteiger partial charge in [-0.15, -0.1) is 0 Å². The minimum atomic E-state index is -0.298. The summed E-state index contributed by atoms with van der Waals surface area (Å²) in [6.45, 7) is -0.245. The summed E-state index contributed by atoms with van der Waals surface area (Å²) in [5, 5.41) is 6.21. The average molecular weight is 325 g/mol. The van der Waals surface area contributed by atoms with Crippen molar-refractivity contribution in [3.8, 4) is 0 Å². The summed E-state index contributed by atoms with van der Waals surface area (Å²) in [7, 11) is 0. The Labute approximate surface area is 135 Å². The van der Waals surface area contributed by atoms with Crippen molar-refractivity contribution in [2.24, 2.45) is 0 Å². The highest BCUT2D eigenvalue weighted by atomic mass is 35.5. The molecule has 0 bridgehead atoms. The molecule has 0 spiro atoms. The van der Waals surface area contributed by atoms with Crippen molar-refractivity contribution in [3.63, 3.8) is 0 Å². The SMILES string of the molecule is O=C(COCC(=O)NC1CCCCC1)Nc1ccc(Cl)cc1. The number of hydrogen-bond acceptors (Lipinski definition) is 3. The maximum absolute atomic E-state index is 11.7. The number of benzene rings is 1. The molecule has 0 saturated heterocycles. The summed E-state index contributed by atoms with van der Waals surface area (Å²) in [6.07, 6.45) is 5.63. The van der Waals surface area contributed by atoms with Crippen LogP contribution in [0.1, 0.15) is 32.1 Å². The molecule has 120 valence electrons. The van der Waals surface area contributed by atoms with Gasteiger partial charge >= 0.3 is 0 Å². The summed E-state index contributed by atoms with van der Waals surface area (Å²) in [6, 6.07) is 7.05. The number of rotatable bonds is 6. The van der Waals surface area contributed by atoms with E-state index < -0.39 is 0 Å². The van der Waals surface area contributed by atoms with Gasteiger partial charge in [0.1, 0.15) is 13.2 Å². The van der Waals surface area contributed by atoms with Gasteiger partial charge in [0.25, 0.3) is 0 Å². The molecule has 1 aliphatic rings. The fourth-order valence-corrected chi connectivity index (χ4v) is 2.61. The van der Waals surface area contributed by atoms with Gasteiger partial charge in [0, 0.05) is 16.8 Å². The Hall–Kier alpha value is -1.59. The molecule has 1 aromatic rings. The second-order valence-electron chi connectivity index (χ2n) is 5.45. The molecule has 6 heteroatoms. The van der Waals surface area contributed by atoms with Crippen molar-refractivity contribution in [1.29, 1.82) is 0 Å². The third kappa shape index (κ3) is 6.03. The molecule has 5 nitrogen and oxygen atoms in total. The zero-order valence-electron chi connectivity index (χ0n) is 12.4. The molecule has 1 fully saturated rings. The molecule has 1 saturated carbocycles. The highest BCUT2D eigenvalue weighted by Crippen LogP contribution is 2.17. The van der Waals surface area contributed by atoms with Crippen LogP contribution in [0, 0.1) is 0 Å². The second kappa shape index (κ2) is 8.76. The number of amides is 2. The van der Waals surface area contributed by atoms with Crippen LogP contribution in [0.2, 0.25) is 5.02 Å². The van der Waals surface area contributed by atoms with Gasteiger partial charge in [-0.25, -0.2) is 0 Å². The van der Waals surface area contributed by atoms with E-state index in [4.69, 9.17) is 16.3 Å². The normalized spacial score (nSPS) is 15.3. The van der Waals surface area contributed by atoms with E-state index in [0.717, 1.165) is 25.7 Å². The van der Waals surface area contributed by atoms with Crippen LogP contribution in [-0.2, 0) is 14.3 Å². The lowest BCUT2D eigenvalue weighted by atomic mass is 9.95. The number of carbonyl (C=O) groups is 2. The van der Waals surface area contributed by atoms with Crippen molar-refractivity contribution >= 4 is 29.1 Å². The Morgan fingerprint density at radius 1 is 1.05 bits per heavy atom. The topological polar surface area (TPSA) is 67.4 Å². The maximum atomic E-state index is 11.7. The first kappa shape index (κ1) is 16.8. The molecule has 2 N–H and O–H groups in total. The molecule has 1 aromatic carbocycles. The standard InChI is InChI=1S/C16H21ClN2O3/c17-12-6-8-14(9-7-12)19-16(21)11-22-10-15(20)18-13-4-2-1-3-5-13/h6-9,13H,1-5,10-11H2,(H,18,20)(H,19,21). The summed E-state index contributed by atoms with van der Waals surface area (Å²) < 4.78 is 5.14. The summed E-state index contributed by atoms with van der Waals surface area (Å²) in [4.78, 5) is 23.4. The van der Waals surface area contributed by atoms with E-state index in [1.807, 2.05) is 0 Å². The third-order valence-corrected chi connectivity index (χ3v) is 3.82. The molecule has 1 aliphatic carbocycles. The van der Waals surface area contributed by atoms with E-state index in [-0.39, 0.29) is 31.1 Å². The Morgan fingerprint density at radius 2 is 1.68 bits per heavy atom. The van der Waals surface area contributed by atoms with Crippen LogP contribution in [0.25, 0.3) is 0 Å². The summed E-state index contributed by atoms with van der Waals surface area (Å²) >= 11 is 5.76. The van der Waals surface area contributed by atoms with Gasteiger partial charge in [0.15, 0.2) is 0 Å². The Balaban J connectivity index is 1.61. The molecule has 0 atom stereocenters. The van der Waals surface area contributed by atoms with Crippen molar-refractivity contribution in [3.05, 3.63) is 29.3 Å². The Kier molecular flexibility index (Phi) is 6.68. The van der Waals surface area contributed by atoms with Crippen LogP contribution < -0.4 is 10.6 Å². The van der Waals surface area contributed by atoms with Crippen LogP contribution in [0.5, 0.6) is 0 Å². The molecule has 0 aromatic heterocycles. The molecule has 0 heterocycles. The van der Waals surface area contributed by atoms with E-state index in [0.29, 0.717) is 10.7 Å². The van der Waals surface area contributed by atoms with Crippen LogP contribution >= 0.6 is 11.6 Å². The van der Waals surface area contributed by atoms with Crippen molar-refractivity contribution in [2.75, 3.05) is 18.5 Å². The largest absolute Gasteiger partial charge is 0.362 e.